The Kier molecular flexibility index (Phi) is 11.1. The van der Waals surface area contributed by atoms with Crippen molar-refractivity contribution in [3.8, 4) is 11.5 Å². The van der Waals surface area contributed by atoms with E-state index in [1.165, 1.54) is 7.11 Å². The molecule has 0 fully saturated rings. The van der Waals surface area contributed by atoms with Crippen molar-refractivity contribution in [3.63, 3.8) is 0 Å². The molecule has 1 aliphatic heterocycles. The van der Waals surface area contributed by atoms with Crippen molar-refractivity contribution in [3.05, 3.63) is 47.8 Å². The molecule has 0 atom stereocenters. The molecular weight excluding hydrogens is 452 g/mol. The lowest BCUT2D eigenvalue weighted by Gasteiger charge is -2.15. The number of benzene rings is 1. The van der Waals surface area contributed by atoms with Crippen molar-refractivity contribution in [2.45, 2.75) is 77.9 Å². The first kappa shape index (κ1) is 28.2. The van der Waals surface area contributed by atoms with E-state index in [2.05, 4.69) is 13.8 Å². The molecule has 0 amide bonds. The molecule has 192 valence electrons. The zero-order valence-electron chi connectivity index (χ0n) is 20.9. The number of esters is 3. The third kappa shape index (κ3) is 8.30. The molecule has 1 aromatic carbocycles. The van der Waals surface area contributed by atoms with Crippen LogP contribution in [0.1, 0.15) is 78.9 Å². The zero-order valence-corrected chi connectivity index (χ0v) is 20.9. The molecule has 1 aliphatic rings. The summed E-state index contributed by atoms with van der Waals surface area (Å²) < 4.78 is 20.7. The molecule has 0 bridgehead atoms. The van der Waals surface area contributed by atoms with E-state index in [1.54, 1.807) is 0 Å². The lowest BCUT2D eigenvalue weighted by atomic mass is 9.94. The van der Waals surface area contributed by atoms with E-state index in [4.69, 9.17) is 18.9 Å². The number of phenolic OH excluding ortho intramolecular Hbond substituents is 1. The lowest BCUT2D eigenvalue weighted by molar-refractivity contribution is -0.145. The standard InChI is InChI=1S/C27H36O8/c1-17(2)35-23(29)10-8-6-7-9-15-33-22(28)14-12-18(3)11-13-20-25(30)24-21(16-34-27(24)31)19(4)26(20)32-5/h11,17,30H,1-2,6-10,12-16H2,3-5H3/b18-11+. The molecule has 0 saturated carbocycles. The molecule has 8 heteroatoms. The second-order valence-electron chi connectivity index (χ2n) is 8.67. The maximum Gasteiger partial charge on any atom is 0.342 e. The number of hydrogen-bond donors (Lipinski definition) is 1. The Labute approximate surface area is 207 Å². The van der Waals surface area contributed by atoms with Crippen LogP contribution in [0.15, 0.2) is 11.6 Å². The number of carbonyl (C=O) groups is 3. The summed E-state index contributed by atoms with van der Waals surface area (Å²) >= 11 is 0. The highest BCUT2D eigenvalue weighted by molar-refractivity contribution is 5.98. The number of allylic oxidation sites excluding steroid dienone is 2. The number of fused-ring (bicyclic) bond motifs is 1. The molecule has 0 saturated heterocycles. The second kappa shape index (κ2) is 13.8. The van der Waals surface area contributed by atoms with Crippen LogP contribution in [0.25, 0.3) is 0 Å². The number of rotatable bonds is 14. The number of cyclic esters (lactones) is 1. The predicted octanol–water partition coefficient (Wildman–Crippen LogP) is 4.72. The van der Waals surface area contributed by atoms with E-state index in [-0.39, 0.29) is 36.3 Å². The zero-order chi connectivity index (χ0) is 26.0. The Hall–Kier alpha value is -3.03. The van der Waals surface area contributed by atoms with E-state index < -0.39 is 12.1 Å². The van der Waals surface area contributed by atoms with Crippen LogP contribution in [0.3, 0.4) is 0 Å². The number of phenols is 1. The molecule has 1 N–H and O–H groups in total. The molecule has 1 heterocycles. The SMILES string of the molecule is [CH2]C([CH2])OC(=O)CCCCCCOC(=O)CC/C(C)=C/Cc1c(O)c2c(c(C)c1OC)COC2=O. The highest BCUT2D eigenvalue weighted by atomic mass is 16.5. The minimum atomic E-state index is -0.584. The normalized spacial score (nSPS) is 13.0. The summed E-state index contributed by atoms with van der Waals surface area (Å²) in [6, 6.07) is 0. The Morgan fingerprint density at radius 3 is 2.51 bits per heavy atom. The molecule has 8 nitrogen and oxygen atoms in total. The lowest BCUT2D eigenvalue weighted by Crippen LogP contribution is -2.11. The van der Waals surface area contributed by atoms with Gasteiger partial charge < -0.3 is 24.1 Å². The monoisotopic (exact) mass is 488 g/mol. The third-order valence-electron chi connectivity index (χ3n) is 5.86. The van der Waals surface area contributed by atoms with Crippen LogP contribution in [-0.4, -0.2) is 42.8 Å². The minimum absolute atomic E-state index is 0.112. The Morgan fingerprint density at radius 2 is 1.83 bits per heavy atom. The quantitative estimate of drug-likeness (QED) is 0.173. The average Bonchev–Trinajstić information content (AvgIpc) is 3.19. The maximum atomic E-state index is 12.0. The largest absolute Gasteiger partial charge is 0.507 e. The van der Waals surface area contributed by atoms with E-state index in [9.17, 15) is 19.5 Å². The first-order chi connectivity index (χ1) is 16.6. The highest BCUT2D eigenvalue weighted by Gasteiger charge is 2.31. The number of unbranched alkanes of at least 4 members (excludes halogenated alkanes) is 3. The van der Waals surface area contributed by atoms with E-state index in [0.717, 1.165) is 36.8 Å². The van der Waals surface area contributed by atoms with Crippen LogP contribution in [-0.2, 0) is 36.8 Å². The minimum Gasteiger partial charge on any atom is -0.507 e. The summed E-state index contributed by atoms with van der Waals surface area (Å²) in [5, 5.41) is 10.7. The van der Waals surface area contributed by atoms with Gasteiger partial charge in [0, 0.05) is 24.0 Å². The molecule has 2 radical (unpaired) electrons. The summed E-state index contributed by atoms with van der Waals surface area (Å²) in [5.74, 6) is -0.670. The first-order valence-corrected chi connectivity index (χ1v) is 11.9. The topological polar surface area (TPSA) is 108 Å². The molecule has 0 aliphatic carbocycles. The van der Waals surface area contributed by atoms with Gasteiger partial charge in [0.2, 0.25) is 0 Å². The number of aromatic hydroxyl groups is 1. The van der Waals surface area contributed by atoms with Crippen molar-refractivity contribution >= 4 is 17.9 Å². The van der Waals surface area contributed by atoms with Gasteiger partial charge in [-0.3, -0.25) is 9.59 Å². The van der Waals surface area contributed by atoms with Crippen molar-refractivity contribution < 1.29 is 38.4 Å². The summed E-state index contributed by atoms with van der Waals surface area (Å²) in [4.78, 5) is 35.4. The van der Waals surface area contributed by atoms with Gasteiger partial charge in [-0.25, -0.2) is 4.79 Å². The molecule has 2 rings (SSSR count). The van der Waals surface area contributed by atoms with Gasteiger partial charge in [0.15, 0.2) is 0 Å². The average molecular weight is 489 g/mol. The number of carbonyl (C=O) groups excluding carboxylic acids is 3. The van der Waals surface area contributed by atoms with Gasteiger partial charge in [0.1, 0.15) is 29.8 Å². The van der Waals surface area contributed by atoms with Gasteiger partial charge in [-0.2, -0.15) is 0 Å². The van der Waals surface area contributed by atoms with Gasteiger partial charge in [0.25, 0.3) is 0 Å². The Bertz CT molecular complexity index is 945. The number of hydrogen-bond acceptors (Lipinski definition) is 8. The number of ether oxygens (including phenoxy) is 4. The molecule has 0 spiro atoms. The van der Waals surface area contributed by atoms with Crippen molar-refractivity contribution in [1.29, 1.82) is 0 Å². The first-order valence-electron chi connectivity index (χ1n) is 11.9. The fraction of sp³-hybridized carbons (Fsp3) is 0.519. The molecule has 0 aromatic heterocycles. The Morgan fingerprint density at radius 1 is 1.11 bits per heavy atom. The number of methoxy groups -OCH3 is 1. The van der Waals surface area contributed by atoms with Crippen molar-refractivity contribution in [1.82, 2.24) is 0 Å². The van der Waals surface area contributed by atoms with Gasteiger partial charge >= 0.3 is 17.9 Å². The van der Waals surface area contributed by atoms with Crippen LogP contribution in [0.5, 0.6) is 11.5 Å². The fourth-order valence-electron chi connectivity index (χ4n) is 3.93. The van der Waals surface area contributed by atoms with E-state index in [1.807, 2.05) is 19.9 Å². The van der Waals surface area contributed by atoms with Gasteiger partial charge in [-0.05, 0) is 58.9 Å². The van der Waals surface area contributed by atoms with Gasteiger partial charge in [0.05, 0.1) is 13.7 Å². The highest BCUT2D eigenvalue weighted by Crippen LogP contribution is 2.42. The third-order valence-corrected chi connectivity index (χ3v) is 5.86. The van der Waals surface area contributed by atoms with E-state index >= 15 is 0 Å². The molecule has 0 unspecified atom stereocenters. The second-order valence-corrected chi connectivity index (χ2v) is 8.67. The maximum absolute atomic E-state index is 12.0. The fourth-order valence-corrected chi connectivity index (χ4v) is 3.93. The van der Waals surface area contributed by atoms with Gasteiger partial charge in [-0.1, -0.05) is 24.5 Å². The molecular formula is C27H36O8. The molecule has 1 aromatic rings. The summed E-state index contributed by atoms with van der Waals surface area (Å²) in [6.07, 6.45) is 5.96. The van der Waals surface area contributed by atoms with Gasteiger partial charge in [-0.15, -0.1) is 0 Å². The van der Waals surface area contributed by atoms with Crippen LogP contribution in [0.2, 0.25) is 0 Å². The van der Waals surface area contributed by atoms with Crippen molar-refractivity contribution in [2.24, 2.45) is 0 Å². The Balaban J connectivity index is 1.73. The van der Waals surface area contributed by atoms with Crippen LogP contribution >= 0.6 is 0 Å². The smallest absolute Gasteiger partial charge is 0.342 e. The molecule has 35 heavy (non-hydrogen) atoms. The summed E-state index contributed by atoms with van der Waals surface area (Å²) in [7, 11) is 1.53. The van der Waals surface area contributed by atoms with E-state index in [0.29, 0.717) is 42.7 Å². The van der Waals surface area contributed by atoms with Crippen LogP contribution < -0.4 is 4.74 Å². The van der Waals surface area contributed by atoms with Crippen molar-refractivity contribution in [2.75, 3.05) is 13.7 Å². The van der Waals surface area contributed by atoms with Crippen LogP contribution in [0.4, 0.5) is 0 Å². The summed E-state index contributed by atoms with van der Waals surface area (Å²) in [6.45, 7) is 11.2. The van der Waals surface area contributed by atoms with Crippen LogP contribution in [0, 0.1) is 20.8 Å². The predicted molar refractivity (Wildman–Crippen MR) is 130 cm³/mol. The summed E-state index contributed by atoms with van der Waals surface area (Å²) in [5.41, 5.74) is 3.12.